The molecule has 0 aromatic heterocycles. The van der Waals surface area contributed by atoms with Gasteiger partial charge >= 0.3 is 0 Å². The predicted molar refractivity (Wildman–Crippen MR) is 52.2 cm³/mol. The molecule has 0 aliphatic rings. The van der Waals surface area contributed by atoms with Crippen molar-refractivity contribution in [2.24, 2.45) is 5.92 Å². The first-order valence-corrected chi connectivity index (χ1v) is 4.69. The first-order valence-electron chi connectivity index (χ1n) is 4.69. The van der Waals surface area contributed by atoms with E-state index in [9.17, 15) is 4.79 Å². The lowest BCUT2D eigenvalue weighted by Gasteiger charge is -2.25. The molecule has 0 rings (SSSR count). The molecule has 12 heavy (non-hydrogen) atoms. The quantitative estimate of drug-likeness (QED) is 0.630. The molecule has 2 unspecified atom stereocenters. The fourth-order valence-electron chi connectivity index (χ4n) is 1.09. The van der Waals surface area contributed by atoms with Crippen LogP contribution < -0.4 is 0 Å². The number of ketones is 1. The van der Waals surface area contributed by atoms with Crippen LogP contribution >= 0.6 is 0 Å². The van der Waals surface area contributed by atoms with Crippen molar-refractivity contribution in [1.29, 1.82) is 0 Å². The molecule has 0 bridgehead atoms. The van der Waals surface area contributed by atoms with Crippen LogP contribution in [0.3, 0.4) is 0 Å². The summed E-state index contributed by atoms with van der Waals surface area (Å²) in [5.41, 5.74) is 0. The van der Waals surface area contributed by atoms with E-state index in [2.05, 4.69) is 18.7 Å². The van der Waals surface area contributed by atoms with Crippen LogP contribution in [-0.2, 0) is 4.79 Å². The monoisotopic (exact) mass is 171 g/mol. The Bertz CT molecular complexity index is 145. The Morgan fingerprint density at radius 1 is 1.42 bits per heavy atom. The third kappa shape index (κ3) is 3.86. The van der Waals surface area contributed by atoms with E-state index in [1.54, 1.807) is 6.92 Å². The molecule has 0 radical (unpaired) electrons. The summed E-state index contributed by atoms with van der Waals surface area (Å²) >= 11 is 0. The maximum atomic E-state index is 11.0. The standard InChI is InChI=1S/C10H21NO/c1-6-8(2)7-11(5)9(3)10(4)12/h8-9H,6-7H2,1-5H3. The minimum absolute atomic E-state index is 0.0685. The van der Waals surface area contributed by atoms with Gasteiger partial charge in [-0.3, -0.25) is 9.69 Å². The summed E-state index contributed by atoms with van der Waals surface area (Å²) < 4.78 is 0. The molecular formula is C10H21NO. The van der Waals surface area contributed by atoms with Gasteiger partial charge in [0.2, 0.25) is 0 Å². The second-order valence-electron chi connectivity index (χ2n) is 3.74. The van der Waals surface area contributed by atoms with Crippen molar-refractivity contribution in [2.45, 2.75) is 40.2 Å². The van der Waals surface area contributed by atoms with E-state index < -0.39 is 0 Å². The number of hydrogen-bond acceptors (Lipinski definition) is 2. The van der Waals surface area contributed by atoms with Gasteiger partial charge in [-0.25, -0.2) is 0 Å². The third-order valence-electron chi connectivity index (χ3n) is 2.55. The second-order valence-corrected chi connectivity index (χ2v) is 3.74. The van der Waals surface area contributed by atoms with E-state index in [-0.39, 0.29) is 11.8 Å². The van der Waals surface area contributed by atoms with Gasteiger partial charge in [-0.05, 0) is 26.8 Å². The van der Waals surface area contributed by atoms with Gasteiger partial charge in [0.05, 0.1) is 6.04 Å². The van der Waals surface area contributed by atoms with Crippen LogP contribution in [0.1, 0.15) is 34.1 Å². The molecule has 0 N–H and O–H groups in total. The van der Waals surface area contributed by atoms with Gasteiger partial charge in [-0.1, -0.05) is 20.3 Å². The highest BCUT2D eigenvalue weighted by molar-refractivity contribution is 5.80. The first kappa shape index (κ1) is 11.6. The van der Waals surface area contributed by atoms with E-state index in [0.717, 1.165) is 6.54 Å². The van der Waals surface area contributed by atoms with Crippen molar-refractivity contribution in [1.82, 2.24) is 4.90 Å². The fraction of sp³-hybridized carbons (Fsp3) is 0.900. The van der Waals surface area contributed by atoms with Gasteiger partial charge in [-0.15, -0.1) is 0 Å². The summed E-state index contributed by atoms with van der Waals surface area (Å²) in [7, 11) is 2.01. The van der Waals surface area contributed by atoms with Crippen molar-refractivity contribution >= 4 is 5.78 Å². The Kier molecular flexibility index (Phi) is 5.14. The molecule has 0 saturated carbocycles. The van der Waals surface area contributed by atoms with E-state index >= 15 is 0 Å². The van der Waals surface area contributed by atoms with Crippen molar-refractivity contribution in [3.8, 4) is 0 Å². The second kappa shape index (κ2) is 5.31. The van der Waals surface area contributed by atoms with Crippen LogP contribution in [0.4, 0.5) is 0 Å². The van der Waals surface area contributed by atoms with Crippen molar-refractivity contribution in [3.63, 3.8) is 0 Å². The third-order valence-corrected chi connectivity index (χ3v) is 2.55. The van der Waals surface area contributed by atoms with E-state index in [0.29, 0.717) is 5.92 Å². The zero-order chi connectivity index (χ0) is 9.72. The SMILES string of the molecule is CCC(C)CN(C)C(C)C(C)=O. The van der Waals surface area contributed by atoms with Crippen LogP contribution in [0, 0.1) is 5.92 Å². The zero-order valence-electron chi connectivity index (χ0n) is 8.92. The van der Waals surface area contributed by atoms with Crippen LogP contribution in [0.15, 0.2) is 0 Å². The Hall–Kier alpha value is -0.370. The summed E-state index contributed by atoms with van der Waals surface area (Å²) in [5.74, 6) is 0.928. The molecule has 0 aliphatic carbocycles. The number of nitrogens with zero attached hydrogens (tertiary/aromatic N) is 1. The minimum Gasteiger partial charge on any atom is -0.298 e. The Labute approximate surface area is 75.9 Å². The van der Waals surface area contributed by atoms with Gasteiger partial charge < -0.3 is 0 Å². The lowest BCUT2D eigenvalue weighted by atomic mass is 10.1. The minimum atomic E-state index is 0.0685. The lowest BCUT2D eigenvalue weighted by Crippen LogP contribution is -2.37. The van der Waals surface area contributed by atoms with Crippen LogP contribution in [0.25, 0.3) is 0 Å². The van der Waals surface area contributed by atoms with Gasteiger partial charge in [-0.2, -0.15) is 0 Å². The first-order chi connectivity index (χ1) is 5.49. The molecule has 2 atom stereocenters. The highest BCUT2D eigenvalue weighted by atomic mass is 16.1. The highest BCUT2D eigenvalue weighted by Crippen LogP contribution is 2.05. The summed E-state index contributed by atoms with van der Waals surface area (Å²) in [4.78, 5) is 13.1. The maximum absolute atomic E-state index is 11.0. The molecule has 2 nitrogen and oxygen atoms in total. The summed E-state index contributed by atoms with van der Waals surface area (Å²) in [6.07, 6.45) is 1.18. The van der Waals surface area contributed by atoms with Gasteiger partial charge in [0.1, 0.15) is 5.78 Å². The molecule has 0 saturated heterocycles. The summed E-state index contributed by atoms with van der Waals surface area (Å²) in [6, 6.07) is 0.0685. The predicted octanol–water partition coefficient (Wildman–Crippen LogP) is 1.94. The number of carbonyl (C=O) groups excluding carboxylic acids is 1. The molecule has 72 valence electrons. The van der Waals surface area contributed by atoms with Crippen LogP contribution in [0.5, 0.6) is 0 Å². The van der Waals surface area contributed by atoms with Gasteiger partial charge in [0, 0.05) is 6.54 Å². The van der Waals surface area contributed by atoms with Crippen LogP contribution in [-0.4, -0.2) is 30.3 Å². The van der Waals surface area contributed by atoms with Crippen molar-refractivity contribution in [2.75, 3.05) is 13.6 Å². The average molecular weight is 171 g/mol. The highest BCUT2D eigenvalue weighted by Gasteiger charge is 2.14. The zero-order valence-corrected chi connectivity index (χ0v) is 8.92. The molecule has 2 heteroatoms. The molecule has 0 aromatic carbocycles. The van der Waals surface area contributed by atoms with Crippen LogP contribution in [0.2, 0.25) is 0 Å². The molecule has 0 spiro atoms. The smallest absolute Gasteiger partial charge is 0.146 e. The lowest BCUT2D eigenvalue weighted by molar-refractivity contribution is -0.121. The number of Topliss-reactive ketones (excluding diaryl/α,β-unsaturated/α-hetero) is 1. The summed E-state index contributed by atoms with van der Waals surface area (Å²) in [6.45, 7) is 9.01. The average Bonchev–Trinajstić information content (AvgIpc) is 2.02. The topological polar surface area (TPSA) is 20.3 Å². The number of hydrogen-bond donors (Lipinski definition) is 0. The number of likely N-dealkylation sites (N-methyl/N-ethyl adjacent to an activating group) is 1. The number of carbonyl (C=O) groups is 1. The Morgan fingerprint density at radius 3 is 2.25 bits per heavy atom. The Balaban J connectivity index is 3.86. The van der Waals surface area contributed by atoms with Gasteiger partial charge in [0.25, 0.3) is 0 Å². The van der Waals surface area contributed by atoms with E-state index in [4.69, 9.17) is 0 Å². The van der Waals surface area contributed by atoms with E-state index in [1.165, 1.54) is 6.42 Å². The molecule has 0 aromatic rings. The fourth-order valence-corrected chi connectivity index (χ4v) is 1.09. The summed E-state index contributed by atoms with van der Waals surface area (Å²) in [5, 5.41) is 0. The van der Waals surface area contributed by atoms with Gasteiger partial charge in [0.15, 0.2) is 0 Å². The Morgan fingerprint density at radius 2 is 1.92 bits per heavy atom. The molecule has 0 amide bonds. The molecule has 0 fully saturated rings. The number of rotatable bonds is 5. The largest absolute Gasteiger partial charge is 0.298 e. The van der Waals surface area contributed by atoms with E-state index in [1.807, 2.05) is 14.0 Å². The van der Waals surface area contributed by atoms with Crippen molar-refractivity contribution in [3.05, 3.63) is 0 Å². The molecule has 0 aliphatic heterocycles. The normalized spacial score (nSPS) is 16.2. The molecular weight excluding hydrogens is 150 g/mol. The maximum Gasteiger partial charge on any atom is 0.146 e. The molecule has 0 heterocycles. The van der Waals surface area contributed by atoms with Crippen molar-refractivity contribution < 1.29 is 4.79 Å².